The second-order valence-electron chi connectivity index (χ2n) is 3.58. The zero-order valence-corrected chi connectivity index (χ0v) is 12.2. The van der Waals surface area contributed by atoms with Gasteiger partial charge in [-0.3, -0.25) is 0 Å². The van der Waals surface area contributed by atoms with Crippen molar-refractivity contribution in [1.82, 2.24) is 5.32 Å². The number of aliphatic imine (C=N–C) groups is 1. The molecule has 2 heterocycles. The smallest absolute Gasteiger partial charge is 0.289 e. The Kier molecular flexibility index (Phi) is 4.86. The van der Waals surface area contributed by atoms with Crippen molar-refractivity contribution in [2.24, 2.45) is 4.99 Å². The maximum Gasteiger partial charge on any atom is 0.289 e. The summed E-state index contributed by atoms with van der Waals surface area (Å²) in [7, 11) is 1.59. The lowest BCUT2D eigenvalue weighted by atomic mass is 10.1. The number of nitrogens with one attached hydrogen (secondary N) is 1. The van der Waals surface area contributed by atoms with Gasteiger partial charge in [0.2, 0.25) is 0 Å². The van der Waals surface area contributed by atoms with Crippen LogP contribution in [0.5, 0.6) is 0 Å². The van der Waals surface area contributed by atoms with Crippen LogP contribution in [0.2, 0.25) is 0 Å². The first-order valence-electron chi connectivity index (χ1n) is 4.92. The van der Waals surface area contributed by atoms with E-state index >= 15 is 0 Å². The van der Waals surface area contributed by atoms with E-state index in [9.17, 15) is 0 Å². The highest BCUT2D eigenvalue weighted by atomic mass is 35.5. The maximum atomic E-state index is 6.16. The molecule has 0 fully saturated rings. The number of thiophene rings is 1. The number of hydrogen-bond acceptors (Lipinski definition) is 4. The van der Waals surface area contributed by atoms with Gasteiger partial charge in [-0.2, -0.15) is 0 Å². The molecule has 1 aliphatic heterocycles. The SMILES string of the molecule is COC1=NC(c2cc(C)sc2C)C(Cl)=CN1.Cl. The largest absolute Gasteiger partial charge is 0.468 e. The van der Waals surface area contributed by atoms with Crippen LogP contribution in [0, 0.1) is 13.8 Å². The first-order chi connectivity index (χ1) is 7.61. The van der Waals surface area contributed by atoms with Crippen LogP contribution in [0.4, 0.5) is 0 Å². The summed E-state index contributed by atoms with van der Waals surface area (Å²) >= 11 is 7.92. The molecule has 1 aromatic heterocycles. The second kappa shape index (κ2) is 5.76. The average molecular weight is 293 g/mol. The fourth-order valence-corrected chi connectivity index (χ4v) is 2.86. The molecule has 1 atom stereocenters. The highest BCUT2D eigenvalue weighted by Gasteiger charge is 2.22. The van der Waals surface area contributed by atoms with Crippen molar-refractivity contribution in [2.75, 3.05) is 7.11 Å². The second-order valence-corrected chi connectivity index (χ2v) is 5.48. The third kappa shape index (κ3) is 2.94. The van der Waals surface area contributed by atoms with Crippen LogP contribution in [0.25, 0.3) is 0 Å². The van der Waals surface area contributed by atoms with Gasteiger partial charge in [0.05, 0.1) is 12.1 Å². The third-order valence-electron chi connectivity index (χ3n) is 2.41. The van der Waals surface area contributed by atoms with Gasteiger partial charge in [-0.05, 0) is 25.5 Å². The number of methoxy groups -OCH3 is 1. The van der Waals surface area contributed by atoms with E-state index in [2.05, 4.69) is 30.2 Å². The number of ether oxygens (including phenoxy) is 1. The minimum Gasteiger partial charge on any atom is -0.468 e. The summed E-state index contributed by atoms with van der Waals surface area (Å²) in [5, 5.41) is 3.56. The average Bonchev–Trinajstić information content (AvgIpc) is 2.58. The van der Waals surface area contributed by atoms with Gasteiger partial charge in [0.25, 0.3) is 6.02 Å². The maximum absolute atomic E-state index is 6.16. The minimum absolute atomic E-state index is 0. The van der Waals surface area contributed by atoms with Gasteiger partial charge in [-0.1, -0.05) is 11.6 Å². The van der Waals surface area contributed by atoms with Crippen LogP contribution >= 0.6 is 35.3 Å². The van der Waals surface area contributed by atoms with Gasteiger partial charge < -0.3 is 10.1 Å². The van der Waals surface area contributed by atoms with Crippen LogP contribution < -0.4 is 5.32 Å². The van der Waals surface area contributed by atoms with Crippen molar-refractivity contribution < 1.29 is 4.74 Å². The monoisotopic (exact) mass is 292 g/mol. The Morgan fingerprint density at radius 1 is 1.47 bits per heavy atom. The van der Waals surface area contributed by atoms with Crippen LogP contribution in [0.1, 0.15) is 21.4 Å². The molecule has 94 valence electrons. The number of aryl methyl sites for hydroxylation is 2. The van der Waals surface area contributed by atoms with Crippen molar-refractivity contribution in [3.05, 3.63) is 32.6 Å². The van der Waals surface area contributed by atoms with Gasteiger partial charge in [0.15, 0.2) is 0 Å². The van der Waals surface area contributed by atoms with Gasteiger partial charge in [0, 0.05) is 16.0 Å². The summed E-state index contributed by atoms with van der Waals surface area (Å²) in [5.41, 5.74) is 1.15. The molecule has 1 N–H and O–H groups in total. The molecule has 1 unspecified atom stereocenters. The molecule has 6 heteroatoms. The minimum atomic E-state index is -0.136. The van der Waals surface area contributed by atoms with E-state index in [1.54, 1.807) is 24.6 Å². The van der Waals surface area contributed by atoms with E-state index in [1.807, 2.05) is 0 Å². The summed E-state index contributed by atoms with van der Waals surface area (Å²) < 4.78 is 5.08. The fraction of sp³-hybridized carbons (Fsp3) is 0.364. The zero-order chi connectivity index (χ0) is 11.7. The number of halogens is 2. The predicted octanol–water partition coefficient (Wildman–Crippen LogP) is 3.51. The topological polar surface area (TPSA) is 33.6 Å². The molecule has 0 saturated carbocycles. The van der Waals surface area contributed by atoms with E-state index in [-0.39, 0.29) is 18.4 Å². The molecule has 0 amide bonds. The molecule has 2 rings (SSSR count). The van der Waals surface area contributed by atoms with Crippen molar-refractivity contribution in [1.29, 1.82) is 0 Å². The van der Waals surface area contributed by atoms with E-state index in [1.165, 1.54) is 9.75 Å². The van der Waals surface area contributed by atoms with E-state index in [4.69, 9.17) is 16.3 Å². The normalized spacial score (nSPS) is 18.7. The molecule has 17 heavy (non-hydrogen) atoms. The summed E-state index contributed by atoms with van der Waals surface area (Å²) in [4.78, 5) is 6.93. The van der Waals surface area contributed by atoms with E-state index in [0.29, 0.717) is 11.1 Å². The van der Waals surface area contributed by atoms with Crippen LogP contribution in [-0.2, 0) is 4.74 Å². The first-order valence-corrected chi connectivity index (χ1v) is 6.12. The number of amidine groups is 1. The number of rotatable bonds is 1. The lowest BCUT2D eigenvalue weighted by molar-refractivity contribution is 0.381. The van der Waals surface area contributed by atoms with Crippen molar-refractivity contribution >= 4 is 41.4 Å². The molecule has 0 radical (unpaired) electrons. The summed E-state index contributed by atoms with van der Waals surface area (Å²) in [6.07, 6.45) is 1.73. The van der Waals surface area contributed by atoms with Gasteiger partial charge >= 0.3 is 0 Å². The van der Waals surface area contributed by atoms with Crippen molar-refractivity contribution in [3.8, 4) is 0 Å². The van der Waals surface area contributed by atoms with Gasteiger partial charge in [0.1, 0.15) is 6.04 Å². The molecule has 3 nitrogen and oxygen atoms in total. The Morgan fingerprint density at radius 2 is 2.18 bits per heavy atom. The predicted molar refractivity (Wildman–Crippen MR) is 75.3 cm³/mol. The lowest BCUT2D eigenvalue weighted by Gasteiger charge is -2.18. The van der Waals surface area contributed by atoms with Crippen molar-refractivity contribution in [2.45, 2.75) is 19.9 Å². The van der Waals surface area contributed by atoms with Gasteiger partial charge in [-0.15, -0.1) is 23.7 Å². The molecule has 1 aliphatic rings. The number of hydrogen-bond donors (Lipinski definition) is 1. The van der Waals surface area contributed by atoms with Crippen molar-refractivity contribution in [3.63, 3.8) is 0 Å². The Bertz CT molecular complexity index is 468. The van der Waals surface area contributed by atoms with E-state index in [0.717, 1.165) is 5.56 Å². The quantitative estimate of drug-likeness (QED) is 0.859. The Balaban J connectivity index is 0.00000144. The van der Waals surface area contributed by atoms with Crippen LogP contribution in [0.15, 0.2) is 22.3 Å². The van der Waals surface area contributed by atoms with Crippen LogP contribution in [-0.4, -0.2) is 13.1 Å². The molecule has 0 spiro atoms. The molecule has 1 aromatic rings. The summed E-state index contributed by atoms with van der Waals surface area (Å²) in [6, 6.07) is 2.49. The fourth-order valence-electron chi connectivity index (χ4n) is 1.68. The summed E-state index contributed by atoms with van der Waals surface area (Å²) in [6.45, 7) is 4.17. The molecular formula is C11H14Cl2N2OS. The molecule has 0 bridgehead atoms. The zero-order valence-electron chi connectivity index (χ0n) is 9.78. The third-order valence-corrected chi connectivity index (χ3v) is 3.71. The highest BCUT2D eigenvalue weighted by Crippen LogP contribution is 2.35. The van der Waals surface area contributed by atoms with E-state index < -0.39 is 0 Å². The Labute approximate surface area is 116 Å². The molecule has 0 aliphatic carbocycles. The van der Waals surface area contributed by atoms with Crippen LogP contribution in [0.3, 0.4) is 0 Å². The number of nitrogens with zero attached hydrogens (tertiary/aromatic N) is 1. The Morgan fingerprint density at radius 3 is 2.71 bits per heavy atom. The lowest BCUT2D eigenvalue weighted by Crippen LogP contribution is -2.25. The standard InChI is InChI=1S/C11H13ClN2OS.ClH/c1-6-4-8(7(2)16-6)10-9(12)5-13-11(14-10)15-3;/h4-5,10H,1-3H3,(H,13,14);1H. The Hall–Kier alpha value is -0.710. The molecular weight excluding hydrogens is 279 g/mol. The first kappa shape index (κ1) is 14.4. The summed E-state index contributed by atoms with van der Waals surface area (Å²) in [5.74, 6) is 0. The molecule has 0 aromatic carbocycles. The molecule has 0 saturated heterocycles. The van der Waals surface area contributed by atoms with Gasteiger partial charge in [-0.25, -0.2) is 4.99 Å². The highest BCUT2D eigenvalue weighted by molar-refractivity contribution is 7.12.